The van der Waals surface area contributed by atoms with Gasteiger partial charge in [-0.3, -0.25) is 9.89 Å². The van der Waals surface area contributed by atoms with E-state index in [1.54, 1.807) is 24.0 Å². The predicted molar refractivity (Wildman–Crippen MR) is 117 cm³/mol. The first-order chi connectivity index (χ1) is 15.1. The molecule has 1 fully saturated rings. The monoisotopic (exact) mass is 420 g/mol. The fraction of sp³-hybridized carbons (Fsp3) is 0.227. The van der Waals surface area contributed by atoms with Gasteiger partial charge in [-0.05, 0) is 29.8 Å². The number of halogens is 1. The largest absolute Gasteiger partial charge is 0.362 e. The van der Waals surface area contributed by atoms with Gasteiger partial charge in [0.2, 0.25) is 6.36 Å². The Hall–Kier alpha value is -3.72. The molecular formula is C22H21FN6O2. The summed E-state index contributed by atoms with van der Waals surface area (Å²) in [7, 11) is 1.72. The van der Waals surface area contributed by atoms with Gasteiger partial charge in [0.1, 0.15) is 0 Å². The highest BCUT2D eigenvalue weighted by Gasteiger charge is 2.22. The Labute approximate surface area is 177 Å². The number of anilines is 3. The van der Waals surface area contributed by atoms with Crippen LogP contribution in [0.4, 0.5) is 21.6 Å². The van der Waals surface area contributed by atoms with E-state index in [2.05, 4.69) is 20.5 Å². The highest BCUT2D eigenvalue weighted by molar-refractivity contribution is 5.83. The van der Waals surface area contributed by atoms with Gasteiger partial charge in [0.25, 0.3) is 5.56 Å². The van der Waals surface area contributed by atoms with Crippen molar-refractivity contribution in [3.63, 3.8) is 0 Å². The zero-order valence-corrected chi connectivity index (χ0v) is 16.9. The molecule has 1 aliphatic rings. The molecule has 0 amide bonds. The molecule has 1 saturated heterocycles. The SMILES string of the molecule is Cn1c(=O)c(Nc2ccccc2N2CCOC(F)C2)nc2ccc(-c3cn[nH]c3)cc21. The second-order valence-electron chi connectivity index (χ2n) is 7.38. The zero-order chi connectivity index (χ0) is 21.4. The molecule has 1 aliphatic heterocycles. The summed E-state index contributed by atoms with van der Waals surface area (Å²) in [6, 6.07) is 13.2. The topological polar surface area (TPSA) is 88.1 Å². The molecule has 9 heteroatoms. The molecule has 3 heterocycles. The molecule has 0 saturated carbocycles. The maximum absolute atomic E-state index is 13.7. The molecule has 2 N–H and O–H groups in total. The van der Waals surface area contributed by atoms with E-state index in [0.717, 1.165) is 22.3 Å². The quantitative estimate of drug-likeness (QED) is 0.527. The third kappa shape index (κ3) is 3.64. The Morgan fingerprint density at radius 1 is 1.23 bits per heavy atom. The van der Waals surface area contributed by atoms with E-state index in [1.807, 2.05) is 47.4 Å². The number of rotatable bonds is 4. The number of hydrogen-bond donors (Lipinski definition) is 2. The van der Waals surface area contributed by atoms with Gasteiger partial charge in [-0.15, -0.1) is 0 Å². The molecule has 1 unspecified atom stereocenters. The van der Waals surface area contributed by atoms with Gasteiger partial charge in [-0.1, -0.05) is 18.2 Å². The normalized spacial score (nSPS) is 16.6. The molecule has 158 valence electrons. The molecular weight excluding hydrogens is 399 g/mol. The Balaban J connectivity index is 1.53. The number of nitrogens with one attached hydrogen (secondary N) is 2. The maximum atomic E-state index is 13.7. The van der Waals surface area contributed by atoms with Crippen LogP contribution in [0.15, 0.2) is 59.7 Å². The Morgan fingerprint density at radius 3 is 2.90 bits per heavy atom. The predicted octanol–water partition coefficient (Wildman–Crippen LogP) is 3.20. The van der Waals surface area contributed by atoms with E-state index < -0.39 is 6.36 Å². The molecule has 2 aromatic carbocycles. The van der Waals surface area contributed by atoms with E-state index in [4.69, 9.17) is 4.74 Å². The number of hydrogen-bond acceptors (Lipinski definition) is 6. The minimum atomic E-state index is -1.34. The molecule has 8 nitrogen and oxygen atoms in total. The minimum Gasteiger partial charge on any atom is -0.362 e. The number of aromatic nitrogens is 4. The van der Waals surface area contributed by atoms with E-state index >= 15 is 0 Å². The molecule has 4 aromatic rings. The highest BCUT2D eigenvalue weighted by Crippen LogP contribution is 2.30. The van der Waals surface area contributed by atoms with Crippen LogP contribution in [0.5, 0.6) is 0 Å². The standard InChI is InChI=1S/C22H21FN6O2/c1-28-19-10-14(15-11-24-25-12-15)6-7-17(19)27-21(22(28)30)26-16-4-2-3-5-18(16)29-8-9-31-20(23)13-29/h2-7,10-12,20H,8-9,13H2,1H3,(H,24,25)(H,26,27). The van der Waals surface area contributed by atoms with E-state index in [1.165, 1.54) is 0 Å². The summed E-state index contributed by atoms with van der Waals surface area (Å²) in [5.74, 6) is 0.212. The van der Waals surface area contributed by atoms with Crippen LogP contribution in [0.1, 0.15) is 0 Å². The lowest BCUT2D eigenvalue weighted by atomic mass is 10.1. The van der Waals surface area contributed by atoms with Crippen molar-refractivity contribution in [2.45, 2.75) is 6.36 Å². The van der Waals surface area contributed by atoms with E-state index in [9.17, 15) is 9.18 Å². The van der Waals surface area contributed by atoms with Gasteiger partial charge in [-0.2, -0.15) is 5.10 Å². The summed E-state index contributed by atoms with van der Waals surface area (Å²) >= 11 is 0. The fourth-order valence-electron chi connectivity index (χ4n) is 3.80. The lowest BCUT2D eigenvalue weighted by molar-refractivity contribution is -0.0464. The molecule has 2 aromatic heterocycles. The summed E-state index contributed by atoms with van der Waals surface area (Å²) < 4.78 is 20.3. The first-order valence-electron chi connectivity index (χ1n) is 9.97. The van der Waals surface area contributed by atoms with Crippen LogP contribution in [-0.2, 0) is 11.8 Å². The number of aryl methyl sites for hydroxylation is 1. The van der Waals surface area contributed by atoms with Crippen LogP contribution in [0.2, 0.25) is 0 Å². The number of benzene rings is 2. The summed E-state index contributed by atoms with van der Waals surface area (Å²) in [4.78, 5) is 19.5. The summed E-state index contributed by atoms with van der Waals surface area (Å²) in [6.07, 6.45) is 2.19. The smallest absolute Gasteiger partial charge is 0.293 e. The second kappa shape index (κ2) is 7.84. The average Bonchev–Trinajstić information content (AvgIpc) is 3.32. The zero-order valence-electron chi connectivity index (χ0n) is 16.9. The van der Waals surface area contributed by atoms with Gasteiger partial charge in [0, 0.05) is 25.4 Å². The van der Waals surface area contributed by atoms with Crippen molar-refractivity contribution in [2.24, 2.45) is 7.05 Å². The van der Waals surface area contributed by atoms with Crippen LogP contribution in [-0.4, -0.2) is 45.8 Å². The van der Waals surface area contributed by atoms with Gasteiger partial charge in [0.15, 0.2) is 5.82 Å². The Kier molecular flexibility index (Phi) is 4.87. The summed E-state index contributed by atoms with van der Waals surface area (Å²) in [5.41, 5.74) is 4.51. The Bertz CT molecular complexity index is 1290. The lowest BCUT2D eigenvalue weighted by Crippen LogP contribution is -2.40. The molecule has 0 bridgehead atoms. The van der Waals surface area contributed by atoms with Gasteiger partial charge < -0.3 is 19.5 Å². The molecule has 31 heavy (non-hydrogen) atoms. The number of H-pyrrole nitrogens is 1. The molecule has 5 rings (SSSR count). The number of fused-ring (bicyclic) bond motifs is 1. The lowest BCUT2D eigenvalue weighted by Gasteiger charge is -2.32. The van der Waals surface area contributed by atoms with E-state index in [0.29, 0.717) is 24.4 Å². The molecule has 0 aliphatic carbocycles. The number of morpholine rings is 1. The maximum Gasteiger partial charge on any atom is 0.293 e. The van der Waals surface area contributed by atoms with Gasteiger partial charge >= 0.3 is 0 Å². The number of para-hydroxylation sites is 2. The first kappa shape index (κ1) is 19.3. The van der Waals surface area contributed by atoms with Crippen molar-refractivity contribution < 1.29 is 9.13 Å². The van der Waals surface area contributed by atoms with Crippen molar-refractivity contribution in [1.29, 1.82) is 0 Å². The van der Waals surface area contributed by atoms with E-state index in [-0.39, 0.29) is 17.9 Å². The third-order valence-electron chi connectivity index (χ3n) is 5.43. The summed E-state index contributed by atoms with van der Waals surface area (Å²) in [6.45, 7) is 1.02. The second-order valence-corrected chi connectivity index (χ2v) is 7.38. The van der Waals surface area contributed by atoms with Crippen molar-refractivity contribution >= 4 is 28.2 Å². The number of aromatic amines is 1. The van der Waals surface area contributed by atoms with Crippen LogP contribution in [0.3, 0.4) is 0 Å². The van der Waals surface area contributed by atoms with Crippen LogP contribution in [0.25, 0.3) is 22.2 Å². The van der Waals surface area contributed by atoms with Crippen molar-refractivity contribution in [1.82, 2.24) is 19.7 Å². The fourth-order valence-corrected chi connectivity index (χ4v) is 3.80. The van der Waals surface area contributed by atoms with Crippen LogP contribution in [0, 0.1) is 0 Å². The highest BCUT2D eigenvalue weighted by atomic mass is 19.1. The minimum absolute atomic E-state index is 0.138. The molecule has 0 radical (unpaired) electrons. The third-order valence-corrected chi connectivity index (χ3v) is 5.43. The van der Waals surface area contributed by atoms with Crippen LogP contribution >= 0.6 is 0 Å². The molecule has 0 spiro atoms. The van der Waals surface area contributed by atoms with Gasteiger partial charge in [0.05, 0.1) is 41.8 Å². The average molecular weight is 420 g/mol. The number of alkyl halides is 1. The van der Waals surface area contributed by atoms with Crippen molar-refractivity contribution in [3.8, 4) is 11.1 Å². The van der Waals surface area contributed by atoms with Crippen molar-refractivity contribution in [2.75, 3.05) is 29.9 Å². The first-order valence-corrected chi connectivity index (χ1v) is 9.97. The van der Waals surface area contributed by atoms with Gasteiger partial charge in [-0.25, -0.2) is 9.37 Å². The number of nitrogens with zero attached hydrogens (tertiary/aromatic N) is 4. The Morgan fingerprint density at radius 2 is 2.10 bits per heavy atom. The molecule has 1 atom stereocenters. The summed E-state index contributed by atoms with van der Waals surface area (Å²) in [5, 5.41) is 9.93. The number of ether oxygens (including phenoxy) is 1. The van der Waals surface area contributed by atoms with Crippen molar-refractivity contribution in [3.05, 3.63) is 65.2 Å². The van der Waals surface area contributed by atoms with Crippen LogP contribution < -0.4 is 15.8 Å².